The molecule has 15 heavy (non-hydrogen) atoms. The van der Waals surface area contributed by atoms with Gasteiger partial charge in [-0.25, -0.2) is 0 Å². The molecule has 0 spiro atoms. The van der Waals surface area contributed by atoms with Crippen molar-refractivity contribution in [1.82, 2.24) is 0 Å². The maximum absolute atomic E-state index is 10.7. The summed E-state index contributed by atoms with van der Waals surface area (Å²) in [6, 6.07) is 8.18. The van der Waals surface area contributed by atoms with Gasteiger partial charge in [-0.05, 0) is 46.9 Å². The predicted molar refractivity (Wildman–Crippen MR) is 61.5 cm³/mol. The van der Waals surface area contributed by atoms with Gasteiger partial charge in [0.2, 0.25) is 0 Å². The second-order valence-corrected chi connectivity index (χ2v) is 6.47. The predicted octanol–water partition coefficient (Wildman–Crippen LogP) is 6.55. The van der Waals surface area contributed by atoms with Crippen LogP contribution in [0.4, 0.5) is 25.2 Å². The average molecular weight is 429 g/mol. The van der Waals surface area contributed by atoms with Gasteiger partial charge in [0.25, 0.3) is 0 Å². The molecule has 1 rings (SSSR count). The first-order valence-corrected chi connectivity index (χ1v) is 7.11. The van der Waals surface area contributed by atoms with Crippen molar-refractivity contribution < 1.29 is 26.6 Å². The molecule has 0 heterocycles. The van der Waals surface area contributed by atoms with Crippen LogP contribution >= 0.6 is 46.3 Å². The molecule has 0 radical (unpaired) electrons. The van der Waals surface area contributed by atoms with Gasteiger partial charge in [-0.15, -0.1) is 0 Å². The fraction of sp³-hybridized carbons (Fsp3) is 0. The van der Waals surface area contributed by atoms with Crippen LogP contribution in [0.3, 0.4) is 0 Å². The summed E-state index contributed by atoms with van der Waals surface area (Å²) in [6.07, 6.45) is 0. The summed E-state index contributed by atoms with van der Waals surface area (Å²) in [7, 11) is -10.7. The summed E-state index contributed by atoms with van der Waals surface area (Å²) in [5.74, 6) is 0. The van der Waals surface area contributed by atoms with Crippen molar-refractivity contribution in [2.75, 3.05) is 0 Å². The van der Waals surface area contributed by atoms with Crippen LogP contribution in [0.25, 0.3) is 0 Å². The standard InChI is InChI=1S/C6H4BrI.F6P/c7-5-1-3-6(8)4-2-5;1-7(2,3,4,5)6/h1-4H;/q;-1/p+1. The third-order valence-corrected chi connectivity index (χ3v) is 2.05. The Morgan fingerprint density at radius 1 is 0.933 bits per heavy atom. The summed E-state index contributed by atoms with van der Waals surface area (Å²) < 4.78 is 61.6. The zero-order chi connectivity index (χ0) is 12.4. The average Bonchev–Trinajstić information content (AvgIpc) is 1.88. The Morgan fingerprint density at radius 2 is 1.20 bits per heavy atom. The van der Waals surface area contributed by atoms with E-state index < -0.39 is 7.81 Å². The molecule has 0 amide bonds. The van der Waals surface area contributed by atoms with Crippen molar-refractivity contribution >= 4 is 46.3 Å². The molecular formula is C6H5BrF6IP. The molecule has 90 valence electrons. The summed E-state index contributed by atoms with van der Waals surface area (Å²) in [5, 5.41) is 0. The topological polar surface area (TPSA) is 0 Å². The minimum absolute atomic E-state index is 0. The smallest absolute Gasteiger partial charge is 1.00 e. The van der Waals surface area contributed by atoms with Gasteiger partial charge in [0.15, 0.2) is 0 Å². The molecule has 0 unspecified atom stereocenters. The van der Waals surface area contributed by atoms with Crippen LogP contribution in [0.15, 0.2) is 28.7 Å². The molecule has 0 bridgehead atoms. The van der Waals surface area contributed by atoms with Crippen LogP contribution in [0.2, 0.25) is 0 Å². The van der Waals surface area contributed by atoms with Gasteiger partial charge in [-0.2, -0.15) is 0 Å². The minimum atomic E-state index is -10.7. The van der Waals surface area contributed by atoms with E-state index in [2.05, 4.69) is 50.7 Å². The second kappa shape index (κ2) is 4.03. The van der Waals surface area contributed by atoms with E-state index in [1.807, 2.05) is 12.1 Å². The van der Waals surface area contributed by atoms with Gasteiger partial charge in [0, 0.05) is 8.04 Å². The van der Waals surface area contributed by atoms with Crippen LogP contribution in [-0.2, 0) is 0 Å². The maximum atomic E-state index is 9.87. The van der Waals surface area contributed by atoms with Crippen molar-refractivity contribution in [1.29, 1.82) is 0 Å². The van der Waals surface area contributed by atoms with Gasteiger partial charge < -0.3 is 0 Å². The van der Waals surface area contributed by atoms with Gasteiger partial charge in [0.05, 0.1) is 0 Å². The molecule has 0 aliphatic heterocycles. The van der Waals surface area contributed by atoms with E-state index in [9.17, 15) is 25.2 Å². The minimum Gasteiger partial charge on any atom is 1.00 e. The third kappa shape index (κ3) is 20.5. The van der Waals surface area contributed by atoms with Crippen LogP contribution in [0.1, 0.15) is 1.43 Å². The molecular weight excluding hydrogens is 424 g/mol. The number of hydrogen-bond donors (Lipinski definition) is 0. The summed E-state index contributed by atoms with van der Waals surface area (Å²) in [6.45, 7) is 0. The molecule has 0 nitrogen and oxygen atoms in total. The van der Waals surface area contributed by atoms with E-state index in [0.717, 1.165) is 4.47 Å². The summed E-state index contributed by atoms with van der Waals surface area (Å²) in [5.41, 5.74) is 0. The Morgan fingerprint density at radius 3 is 1.40 bits per heavy atom. The van der Waals surface area contributed by atoms with Crippen molar-refractivity contribution in [3.63, 3.8) is 0 Å². The van der Waals surface area contributed by atoms with E-state index in [4.69, 9.17) is 0 Å². The molecule has 0 aliphatic rings. The first kappa shape index (κ1) is 15.4. The van der Waals surface area contributed by atoms with Crippen LogP contribution in [0.5, 0.6) is 0 Å². The zero-order valence-electron chi connectivity index (χ0n) is 7.78. The van der Waals surface area contributed by atoms with Crippen molar-refractivity contribution in [3.05, 3.63) is 32.3 Å². The molecule has 0 aliphatic carbocycles. The third-order valence-electron chi connectivity index (χ3n) is 0.804. The van der Waals surface area contributed by atoms with Crippen molar-refractivity contribution in [3.8, 4) is 0 Å². The van der Waals surface area contributed by atoms with Gasteiger partial charge in [-0.1, -0.05) is 15.9 Å². The van der Waals surface area contributed by atoms with Crippen molar-refractivity contribution in [2.45, 2.75) is 0 Å². The fourth-order valence-corrected chi connectivity index (χ4v) is 1.05. The molecule has 1 aromatic carbocycles. The van der Waals surface area contributed by atoms with Crippen LogP contribution < -0.4 is 0 Å². The fourth-order valence-electron chi connectivity index (χ4n) is 0.430. The Hall–Kier alpha value is 0.440. The van der Waals surface area contributed by atoms with Gasteiger partial charge >= 0.3 is 34.4 Å². The van der Waals surface area contributed by atoms with Gasteiger partial charge in [0.1, 0.15) is 0 Å². The Bertz CT molecular complexity index is 302. The quantitative estimate of drug-likeness (QED) is 0.250. The molecule has 0 saturated heterocycles. The zero-order valence-corrected chi connectivity index (χ0v) is 11.4. The normalized spacial score (nSPS) is 15.7. The molecule has 0 aromatic heterocycles. The Balaban J connectivity index is 0. The van der Waals surface area contributed by atoms with Gasteiger partial charge in [-0.3, -0.25) is 0 Å². The molecule has 0 N–H and O–H groups in total. The molecule has 9 heteroatoms. The monoisotopic (exact) mass is 428 g/mol. The summed E-state index contributed by atoms with van der Waals surface area (Å²) in [4.78, 5) is 0. The molecule has 0 fully saturated rings. The van der Waals surface area contributed by atoms with E-state index in [1.165, 1.54) is 3.57 Å². The van der Waals surface area contributed by atoms with Crippen molar-refractivity contribution in [2.24, 2.45) is 0 Å². The van der Waals surface area contributed by atoms with E-state index in [-0.39, 0.29) is 1.43 Å². The summed E-state index contributed by atoms with van der Waals surface area (Å²) >= 11 is 5.62. The second-order valence-electron chi connectivity index (χ2n) is 2.39. The molecule has 0 atom stereocenters. The number of halogens is 8. The SMILES string of the molecule is Brc1ccc(I)cc1.F[P-](F)(F)(F)(F)F.[H+]. The van der Waals surface area contributed by atoms with Crippen LogP contribution in [0, 0.1) is 3.57 Å². The maximum Gasteiger partial charge on any atom is 1.00 e. The first-order valence-electron chi connectivity index (χ1n) is 3.21. The molecule has 1 aromatic rings. The Kier molecular flexibility index (Phi) is 4.15. The van der Waals surface area contributed by atoms with E-state index >= 15 is 0 Å². The molecule has 0 saturated carbocycles. The largest absolute Gasteiger partial charge is 1.00 e. The van der Waals surface area contributed by atoms with Crippen LogP contribution in [-0.4, -0.2) is 0 Å². The van der Waals surface area contributed by atoms with E-state index in [0.29, 0.717) is 0 Å². The Labute approximate surface area is 105 Å². The number of rotatable bonds is 0. The number of benzene rings is 1. The van der Waals surface area contributed by atoms with E-state index in [1.54, 1.807) is 0 Å². The number of hydrogen-bond acceptors (Lipinski definition) is 0. The first-order chi connectivity index (χ1) is 6.24.